The lowest BCUT2D eigenvalue weighted by Crippen LogP contribution is -1.97. The molecule has 0 aliphatic carbocycles. The molecule has 0 amide bonds. The Labute approximate surface area is 99.1 Å². The largest absolute Gasteiger partial charge is 0.437 e. The second-order valence-corrected chi connectivity index (χ2v) is 3.78. The van der Waals surface area contributed by atoms with Gasteiger partial charge in [0, 0.05) is 12.7 Å². The van der Waals surface area contributed by atoms with Gasteiger partial charge in [-0.25, -0.2) is 4.68 Å². The number of hydrogen-bond donors (Lipinski definition) is 0. The third-order valence-electron chi connectivity index (χ3n) is 2.43. The minimum atomic E-state index is 0.433. The van der Waals surface area contributed by atoms with Crippen LogP contribution in [0, 0.1) is 13.8 Å². The lowest BCUT2D eigenvalue weighted by atomic mass is 10.3. The van der Waals surface area contributed by atoms with Gasteiger partial charge in [-0.15, -0.1) is 0 Å². The highest BCUT2D eigenvalue weighted by Gasteiger charge is 2.14. The average molecular weight is 231 g/mol. The minimum absolute atomic E-state index is 0.433. The van der Waals surface area contributed by atoms with Crippen molar-refractivity contribution in [1.29, 1.82) is 0 Å². The fourth-order valence-corrected chi connectivity index (χ4v) is 1.54. The van der Waals surface area contributed by atoms with Gasteiger partial charge in [0.15, 0.2) is 6.29 Å². The Morgan fingerprint density at radius 3 is 2.71 bits per heavy atom. The van der Waals surface area contributed by atoms with E-state index in [1.807, 2.05) is 13.0 Å². The monoisotopic (exact) mass is 231 g/mol. The number of aryl methyl sites for hydroxylation is 3. The molecular weight excluding hydrogens is 218 g/mol. The summed E-state index contributed by atoms with van der Waals surface area (Å²) in [6.07, 6.45) is 2.37. The van der Waals surface area contributed by atoms with Gasteiger partial charge in [0.2, 0.25) is 5.88 Å². The zero-order chi connectivity index (χ0) is 12.4. The molecule has 0 aromatic carbocycles. The molecule has 2 heterocycles. The number of ether oxygens (including phenoxy) is 1. The first-order valence-electron chi connectivity index (χ1n) is 5.21. The van der Waals surface area contributed by atoms with Crippen molar-refractivity contribution in [1.82, 2.24) is 14.8 Å². The lowest BCUT2D eigenvalue weighted by Gasteiger charge is -2.05. The van der Waals surface area contributed by atoms with Crippen molar-refractivity contribution in [2.45, 2.75) is 13.8 Å². The Morgan fingerprint density at radius 2 is 2.12 bits per heavy atom. The van der Waals surface area contributed by atoms with Crippen LogP contribution in [0.1, 0.15) is 21.7 Å². The van der Waals surface area contributed by atoms with E-state index in [9.17, 15) is 4.79 Å². The Morgan fingerprint density at radius 1 is 1.35 bits per heavy atom. The van der Waals surface area contributed by atoms with Crippen LogP contribution in [0.5, 0.6) is 11.6 Å². The van der Waals surface area contributed by atoms with Crippen molar-refractivity contribution in [3.63, 3.8) is 0 Å². The number of hydrogen-bond acceptors (Lipinski definition) is 4. The predicted octanol–water partition coefficient (Wildman–Crippen LogP) is 2.04. The van der Waals surface area contributed by atoms with Gasteiger partial charge < -0.3 is 4.74 Å². The third kappa shape index (κ3) is 2.18. The zero-order valence-electron chi connectivity index (χ0n) is 9.97. The molecule has 0 aliphatic heterocycles. The number of aromatic nitrogens is 3. The molecular formula is C12H13N3O2. The zero-order valence-corrected chi connectivity index (χ0v) is 9.97. The summed E-state index contributed by atoms with van der Waals surface area (Å²) in [5.74, 6) is 1.02. The van der Waals surface area contributed by atoms with E-state index in [0.29, 0.717) is 22.9 Å². The van der Waals surface area contributed by atoms with E-state index in [4.69, 9.17) is 4.74 Å². The average Bonchev–Trinajstić information content (AvgIpc) is 2.57. The van der Waals surface area contributed by atoms with Gasteiger partial charge in [-0.05, 0) is 26.0 Å². The molecule has 0 spiro atoms. The third-order valence-corrected chi connectivity index (χ3v) is 2.43. The molecule has 2 aromatic heterocycles. The van der Waals surface area contributed by atoms with Crippen molar-refractivity contribution in [3.8, 4) is 11.6 Å². The highest BCUT2D eigenvalue weighted by Crippen LogP contribution is 2.25. The van der Waals surface area contributed by atoms with Crippen molar-refractivity contribution in [3.05, 3.63) is 35.3 Å². The van der Waals surface area contributed by atoms with E-state index in [2.05, 4.69) is 10.1 Å². The van der Waals surface area contributed by atoms with E-state index in [-0.39, 0.29) is 0 Å². The summed E-state index contributed by atoms with van der Waals surface area (Å²) in [5.41, 5.74) is 2.03. The van der Waals surface area contributed by atoms with Crippen LogP contribution in [-0.4, -0.2) is 21.1 Å². The van der Waals surface area contributed by atoms with Gasteiger partial charge in [-0.3, -0.25) is 9.78 Å². The van der Waals surface area contributed by atoms with Gasteiger partial charge >= 0.3 is 0 Å². The van der Waals surface area contributed by atoms with Crippen LogP contribution >= 0.6 is 0 Å². The predicted molar refractivity (Wildman–Crippen MR) is 62.4 cm³/mol. The molecule has 0 fully saturated rings. The molecule has 2 aromatic rings. The van der Waals surface area contributed by atoms with Gasteiger partial charge in [-0.1, -0.05) is 0 Å². The maximum absolute atomic E-state index is 11.0. The standard InChI is InChI=1S/C12H13N3O2/c1-8-4-5-10(6-13-8)17-12-11(7-16)9(2)14-15(12)3/h4-7H,1-3H3. The summed E-state index contributed by atoms with van der Waals surface area (Å²) in [7, 11) is 1.73. The van der Waals surface area contributed by atoms with E-state index in [0.717, 1.165) is 12.0 Å². The fourth-order valence-electron chi connectivity index (χ4n) is 1.54. The van der Waals surface area contributed by atoms with Crippen LogP contribution in [0.2, 0.25) is 0 Å². The van der Waals surface area contributed by atoms with Crippen molar-refractivity contribution < 1.29 is 9.53 Å². The molecule has 0 saturated carbocycles. The molecule has 5 heteroatoms. The molecule has 17 heavy (non-hydrogen) atoms. The Bertz CT molecular complexity index is 544. The minimum Gasteiger partial charge on any atom is -0.437 e. The maximum Gasteiger partial charge on any atom is 0.228 e. The molecule has 88 valence electrons. The quantitative estimate of drug-likeness (QED) is 0.758. The van der Waals surface area contributed by atoms with Crippen LogP contribution in [0.15, 0.2) is 18.3 Å². The van der Waals surface area contributed by atoms with E-state index in [1.165, 1.54) is 0 Å². The number of rotatable bonds is 3. The summed E-state index contributed by atoms with van der Waals surface area (Å²) >= 11 is 0. The SMILES string of the molecule is Cc1ccc(Oc2c(C=O)c(C)nn2C)cn1. The molecule has 0 aliphatic rings. The topological polar surface area (TPSA) is 57.0 Å². The Kier molecular flexibility index (Phi) is 2.91. The van der Waals surface area contributed by atoms with E-state index in [1.54, 1.807) is 30.9 Å². The summed E-state index contributed by atoms with van der Waals surface area (Å²) in [6, 6.07) is 3.65. The molecule has 0 atom stereocenters. The first-order valence-corrected chi connectivity index (χ1v) is 5.21. The molecule has 5 nitrogen and oxygen atoms in total. The number of nitrogens with zero attached hydrogens (tertiary/aromatic N) is 3. The van der Waals surface area contributed by atoms with Crippen LogP contribution in [0.3, 0.4) is 0 Å². The molecule has 0 saturated heterocycles. The summed E-state index contributed by atoms with van der Waals surface area (Å²) in [4.78, 5) is 15.1. The number of pyridine rings is 1. The van der Waals surface area contributed by atoms with Crippen molar-refractivity contribution in [2.75, 3.05) is 0 Å². The van der Waals surface area contributed by atoms with Gasteiger partial charge in [0.05, 0.1) is 17.5 Å². The second-order valence-electron chi connectivity index (χ2n) is 3.78. The molecule has 0 radical (unpaired) electrons. The van der Waals surface area contributed by atoms with Crippen LogP contribution in [0.4, 0.5) is 0 Å². The van der Waals surface area contributed by atoms with Crippen molar-refractivity contribution in [2.24, 2.45) is 7.05 Å². The van der Waals surface area contributed by atoms with Gasteiger partial charge in [0.1, 0.15) is 5.75 Å². The summed E-state index contributed by atoms with van der Waals surface area (Å²) in [6.45, 7) is 3.67. The van der Waals surface area contributed by atoms with Gasteiger partial charge in [0.25, 0.3) is 0 Å². The normalized spacial score (nSPS) is 10.3. The number of carbonyl (C=O) groups excluding carboxylic acids is 1. The molecule has 0 unspecified atom stereocenters. The van der Waals surface area contributed by atoms with E-state index < -0.39 is 0 Å². The number of aldehydes is 1. The number of carbonyl (C=O) groups is 1. The van der Waals surface area contributed by atoms with Crippen molar-refractivity contribution >= 4 is 6.29 Å². The summed E-state index contributed by atoms with van der Waals surface area (Å²) < 4.78 is 7.15. The Balaban J connectivity index is 2.35. The van der Waals surface area contributed by atoms with E-state index >= 15 is 0 Å². The summed E-state index contributed by atoms with van der Waals surface area (Å²) in [5, 5.41) is 4.14. The molecule has 2 rings (SSSR count). The Hall–Kier alpha value is -2.17. The second kappa shape index (κ2) is 4.37. The first kappa shape index (κ1) is 11.3. The van der Waals surface area contributed by atoms with Crippen LogP contribution in [-0.2, 0) is 7.05 Å². The first-order chi connectivity index (χ1) is 8.11. The van der Waals surface area contributed by atoms with Crippen LogP contribution < -0.4 is 4.74 Å². The van der Waals surface area contributed by atoms with Gasteiger partial charge in [-0.2, -0.15) is 5.10 Å². The smallest absolute Gasteiger partial charge is 0.228 e. The van der Waals surface area contributed by atoms with Crippen LogP contribution in [0.25, 0.3) is 0 Å². The fraction of sp³-hybridized carbons (Fsp3) is 0.250. The highest BCUT2D eigenvalue weighted by atomic mass is 16.5. The molecule has 0 bridgehead atoms. The lowest BCUT2D eigenvalue weighted by molar-refractivity contribution is 0.112. The highest BCUT2D eigenvalue weighted by molar-refractivity contribution is 5.80. The molecule has 0 N–H and O–H groups in total. The maximum atomic E-state index is 11.0.